The zero-order chi connectivity index (χ0) is 44.2. The molecule has 0 radical (unpaired) electrons. The highest BCUT2D eigenvalue weighted by molar-refractivity contribution is 6.08. The summed E-state index contributed by atoms with van der Waals surface area (Å²) in [6.45, 7) is 6.55. The normalized spacial score (nSPS) is 26.2. The van der Waals surface area contributed by atoms with Gasteiger partial charge >= 0.3 is 5.69 Å². The van der Waals surface area contributed by atoms with E-state index in [1.807, 2.05) is 18.2 Å². The fourth-order valence-electron chi connectivity index (χ4n) is 10.5. The summed E-state index contributed by atoms with van der Waals surface area (Å²) in [6, 6.07) is 6.73. The number of aryl methyl sites for hydroxylation is 1. The summed E-state index contributed by atoms with van der Waals surface area (Å²) in [4.78, 5) is 60.6. The molecule has 2 N–H and O–H groups in total. The van der Waals surface area contributed by atoms with Gasteiger partial charge in [-0.3, -0.25) is 33.5 Å². The molecule has 1 saturated carbocycles. The number of likely N-dealkylation sites (tertiary alicyclic amines) is 1. The number of carbonyl (C=O) groups excluding carboxylic acids is 3. The number of nitrogens with one attached hydrogen (secondary N) is 2. The van der Waals surface area contributed by atoms with Crippen LogP contribution in [0.5, 0.6) is 0 Å². The first-order valence-corrected chi connectivity index (χ1v) is 22.3. The van der Waals surface area contributed by atoms with E-state index in [4.69, 9.17) is 14.5 Å². The minimum Gasteiger partial charge on any atom is -0.374 e. The molecule has 4 aromatic heterocycles. The lowest BCUT2D eigenvalue weighted by molar-refractivity contribution is -0.135. The number of para-hydroxylation sites is 1. The fraction of sp³-hybridized carbons (Fsp3) is 0.533. The van der Waals surface area contributed by atoms with Gasteiger partial charge in [-0.1, -0.05) is 24.8 Å². The third-order valence-electron chi connectivity index (χ3n) is 13.8. The van der Waals surface area contributed by atoms with Crippen LogP contribution in [0.3, 0.4) is 0 Å². The largest absolute Gasteiger partial charge is 0.374 e. The van der Waals surface area contributed by atoms with Crippen molar-refractivity contribution in [1.82, 2.24) is 43.7 Å². The van der Waals surface area contributed by atoms with Crippen molar-refractivity contribution < 1.29 is 32.6 Å². The molecule has 17 nitrogen and oxygen atoms in total. The van der Waals surface area contributed by atoms with Gasteiger partial charge in [0, 0.05) is 52.0 Å². The van der Waals surface area contributed by atoms with Crippen LogP contribution in [0.2, 0.25) is 0 Å². The molecule has 8 heterocycles. The first kappa shape index (κ1) is 42.0. The molecular weight excluding hydrogens is 829 g/mol. The number of hydrogen-bond acceptors (Lipinski definition) is 11. The first-order valence-electron chi connectivity index (χ1n) is 22.3. The van der Waals surface area contributed by atoms with Gasteiger partial charge < -0.3 is 24.6 Å². The monoisotopic (exact) mass is 879 g/mol. The van der Waals surface area contributed by atoms with Crippen molar-refractivity contribution in [2.24, 2.45) is 18.9 Å². The van der Waals surface area contributed by atoms with Crippen LogP contribution in [0.1, 0.15) is 98.4 Å². The highest BCUT2D eigenvalue weighted by atomic mass is 19.3. The molecule has 10 rings (SSSR count). The molecule has 4 saturated heterocycles. The molecule has 3 amide bonds. The molecule has 5 aromatic rings. The third kappa shape index (κ3) is 7.96. The van der Waals surface area contributed by atoms with Crippen molar-refractivity contribution >= 4 is 45.9 Å². The molecule has 1 aliphatic carbocycles. The second-order valence-corrected chi connectivity index (χ2v) is 18.0. The second kappa shape index (κ2) is 17.2. The summed E-state index contributed by atoms with van der Waals surface area (Å²) in [5.41, 5.74) is 1.62. The Kier molecular flexibility index (Phi) is 11.3. The highest BCUT2D eigenvalue weighted by Gasteiger charge is 2.40. The number of carbonyl (C=O) groups is 3. The van der Waals surface area contributed by atoms with E-state index < -0.39 is 30.0 Å². The van der Waals surface area contributed by atoms with Crippen molar-refractivity contribution in [3.8, 4) is 11.8 Å². The summed E-state index contributed by atoms with van der Waals surface area (Å²) in [7, 11) is 1.66. The van der Waals surface area contributed by atoms with Crippen LogP contribution in [0.25, 0.3) is 16.7 Å². The number of piperidine rings is 2. The maximum atomic E-state index is 14.3. The Balaban J connectivity index is 0.711. The molecule has 2 bridgehead atoms. The lowest BCUT2D eigenvalue weighted by Gasteiger charge is -2.39. The van der Waals surface area contributed by atoms with E-state index in [1.165, 1.54) is 26.0 Å². The van der Waals surface area contributed by atoms with Crippen LogP contribution in [-0.2, 0) is 26.1 Å². The third-order valence-corrected chi connectivity index (χ3v) is 13.8. The summed E-state index contributed by atoms with van der Waals surface area (Å²) in [5, 5.41) is 13.6. The van der Waals surface area contributed by atoms with Crippen molar-refractivity contribution in [3.63, 3.8) is 0 Å². The van der Waals surface area contributed by atoms with Crippen molar-refractivity contribution in [2.75, 3.05) is 49.6 Å². The number of hydrogen-bond donors (Lipinski definition) is 2. The molecule has 336 valence electrons. The van der Waals surface area contributed by atoms with E-state index >= 15 is 0 Å². The number of benzene rings is 1. The summed E-state index contributed by atoms with van der Waals surface area (Å²) >= 11 is 0. The van der Waals surface area contributed by atoms with Gasteiger partial charge in [0.1, 0.15) is 24.0 Å². The van der Waals surface area contributed by atoms with Crippen LogP contribution in [0.4, 0.5) is 20.3 Å². The molecule has 19 heteroatoms. The number of ether oxygens (including phenoxy) is 2. The molecule has 4 aliphatic heterocycles. The van der Waals surface area contributed by atoms with E-state index in [1.54, 1.807) is 24.0 Å². The zero-order valence-electron chi connectivity index (χ0n) is 35.8. The molecule has 64 heavy (non-hydrogen) atoms. The molecule has 1 aromatic carbocycles. The average Bonchev–Trinajstić information content (AvgIpc) is 4.13. The number of nitrogens with zero attached hydrogens (tertiary/aromatic N) is 9. The second-order valence-electron chi connectivity index (χ2n) is 18.0. The Morgan fingerprint density at radius 1 is 1.08 bits per heavy atom. The Morgan fingerprint density at radius 2 is 1.92 bits per heavy atom. The van der Waals surface area contributed by atoms with E-state index in [9.17, 15) is 28.0 Å². The Morgan fingerprint density at radius 3 is 2.67 bits per heavy atom. The maximum Gasteiger partial charge on any atom is 0.329 e. The number of aromatic nitrogens is 7. The number of fused-ring (bicyclic) bond motifs is 4. The van der Waals surface area contributed by atoms with E-state index in [0.29, 0.717) is 34.8 Å². The average molecular weight is 880 g/mol. The number of anilines is 2. The number of halogens is 2. The molecule has 5 atom stereocenters. The smallest absolute Gasteiger partial charge is 0.329 e. The van der Waals surface area contributed by atoms with Gasteiger partial charge in [-0.15, -0.1) is 0 Å². The van der Waals surface area contributed by atoms with Crippen LogP contribution >= 0.6 is 0 Å². The maximum absolute atomic E-state index is 14.3. The van der Waals surface area contributed by atoms with E-state index in [0.717, 1.165) is 70.5 Å². The van der Waals surface area contributed by atoms with Gasteiger partial charge in [0.05, 0.1) is 59.4 Å². The van der Waals surface area contributed by atoms with Crippen molar-refractivity contribution in [2.45, 2.75) is 95.0 Å². The predicted molar refractivity (Wildman–Crippen MR) is 230 cm³/mol. The molecule has 0 unspecified atom stereocenters. The standard InChI is InChI=1S/C45H51F2N11O6/c1-26-21-54(16-14-36(26)63-18-4-6-28-5-3-7-34-40(28)53(2)45(62)58(34)35-12-13-38(59)51-44(35)61)22-27-8-10-29(11-9-27)57-24-33(39(52-57)41(46)47)49-43(60)32-20-48-56-17-15-37(50-42(32)56)55-23-31-19-30(55)25-64-31/h3,5,7,15,17,20,24,26-27,29-31,35-36,41H,8-14,16,18-19,21-23,25H2,1-2H3,(H,49,60)(H,51,59,61)/t26-,27-,29-,30-,31-,35+,36-/m0/s1. The minimum atomic E-state index is -2.87. The van der Waals surface area contributed by atoms with Crippen LogP contribution in [0.15, 0.2) is 47.7 Å². The van der Waals surface area contributed by atoms with Crippen LogP contribution < -0.4 is 21.2 Å². The first-order chi connectivity index (χ1) is 31.0. The van der Waals surface area contributed by atoms with Crippen molar-refractivity contribution in [1.29, 1.82) is 0 Å². The van der Waals surface area contributed by atoms with Gasteiger partial charge in [0.15, 0.2) is 11.3 Å². The van der Waals surface area contributed by atoms with E-state index in [-0.39, 0.29) is 72.5 Å². The van der Waals surface area contributed by atoms with E-state index in [2.05, 4.69) is 49.4 Å². The molecule has 5 aliphatic rings. The fourth-order valence-corrected chi connectivity index (χ4v) is 10.5. The van der Waals surface area contributed by atoms with Gasteiger partial charge in [0.2, 0.25) is 11.8 Å². The number of morpholine rings is 1. The number of rotatable bonds is 10. The zero-order valence-corrected chi connectivity index (χ0v) is 35.8. The minimum absolute atomic E-state index is 0.0114. The Hall–Kier alpha value is -5.97. The Labute approximate surface area is 367 Å². The van der Waals surface area contributed by atoms with Gasteiger partial charge in [-0.25, -0.2) is 23.1 Å². The number of imide groups is 1. The summed E-state index contributed by atoms with van der Waals surface area (Å²) in [5.74, 6) is 6.42. The van der Waals surface area contributed by atoms with Gasteiger partial charge in [0.25, 0.3) is 12.3 Å². The topological polar surface area (TPSA) is 175 Å². The molecular formula is C45H51F2N11O6. The Bertz CT molecular complexity index is 2740. The number of amides is 3. The molecule has 0 spiro atoms. The van der Waals surface area contributed by atoms with Gasteiger partial charge in [-0.05, 0) is 75.0 Å². The lowest BCUT2D eigenvalue weighted by atomic mass is 9.85. The van der Waals surface area contributed by atoms with Crippen LogP contribution in [-0.4, -0.2) is 114 Å². The van der Waals surface area contributed by atoms with Crippen molar-refractivity contribution in [3.05, 3.63) is 70.2 Å². The van der Waals surface area contributed by atoms with Gasteiger partial charge in [-0.2, -0.15) is 10.2 Å². The SMILES string of the molecule is C[C@H]1CN(C[C@H]2CC[C@H](n3cc(NC(=O)c4cnn5ccc(N6C[C@@H]7C[C@H]6CO7)nc45)c(C(F)F)n3)CC2)CC[C@@H]1OCC#Cc1cccc2c1n(C)c(=O)n2[C@@H]1CCC(=O)NC1=O. The highest BCUT2D eigenvalue weighted by Crippen LogP contribution is 2.37. The summed E-state index contributed by atoms with van der Waals surface area (Å²) in [6.07, 6.45) is 7.77. The molecule has 5 fully saturated rings. The predicted octanol–water partition coefficient (Wildman–Crippen LogP) is 4.23. The quantitative estimate of drug-likeness (QED) is 0.152. The van der Waals surface area contributed by atoms with Crippen LogP contribution in [0, 0.1) is 23.7 Å². The number of imidazole rings is 1. The summed E-state index contributed by atoms with van der Waals surface area (Å²) < 4.78 is 46.7. The lowest BCUT2D eigenvalue weighted by Crippen LogP contribution is -2.45. The number of alkyl halides is 2.